The Morgan fingerprint density at radius 2 is 1.26 bits per heavy atom. The Balaban J connectivity index is 1.22. The maximum absolute atomic E-state index is 13.9. The minimum atomic E-state index is -0.704. The zero-order valence-electron chi connectivity index (χ0n) is 40.1. The van der Waals surface area contributed by atoms with Gasteiger partial charge in [0.2, 0.25) is 23.7 Å². The van der Waals surface area contributed by atoms with Gasteiger partial charge in [-0.15, -0.1) is 0 Å². The van der Waals surface area contributed by atoms with Crippen molar-refractivity contribution in [3.8, 4) is 23.3 Å². The third kappa shape index (κ3) is 10.8. The van der Waals surface area contributed by atoms with E-state index >= 15 is 0 Å². The number of esters is 1. The van der Waals surface area contributed by atoms with Gasteiger partial charge in [0.1, 0.15) is 40.5 Å². The van der Waals surface area contributed by atoms with Gasteiger partial charge < -0.3 is 34.0 Å². The molecule has 21 nitrogen and oxygen atoms in total. The van der Waals surface area contributed by atoms with Crippen LogP contribution in [0.1, 0.15) is 80.8 Å². The van der Waals surface area contributed by atoms with Gasteiger partial charge in [-0.25, -0.2) is 14.8 Å². The maximum Gasteiger partial charge on any atom is 0.338 e. The van der Waals surface area contributed by atoms with Crippen LogP contribution < -0.4 is 25.8 Å². The van der Waals surface area contributed by atoms with Crippen LogP contribution in [0.4, 0.5) is 11.9 Å². The fourth-order valence-corrected chi connectivity index (χ4v) is 8.10. The van der Waals surface area contributed by atoms with Gasteiger partial charge in [0.15, 0.2) is 0 Å². The number of nitrogens with zero attached hydrogens (tertiary/aromatic N) is 10. The van der Waals surface area contributed by atoms with Crippen molar-refractivity contribution in [2.45, 2.75) is 67.7 Å². The molecule has 0 radical (unpaired) electrons. The van der Waals surface area contributed by atoms with E-state index in [0.717, 1.165) is 0 Å². The molecule has 4 N–H and O–H groups in total. The molecular weight excluding hydrogens is 887 g/mol. The molecule has 1 saturated heterocycles. The molecule has 6 aromatic rings. The quantitative estimate of drug-likeness (QED) is 0.0659. The minimum Gasteiger partial charge on any atom is -0.494 e. The monoisotopic (exact) mass is 943 g/mol. The van der Waals surface area contributed by atoms with Crippen molar-refractivity contribution in [1.82, 2.24) is 48.5 Å². The first kappa shape index (κ1) is 48.9. The number of rotatable bonds is 17. The summed E-state index contributed by atoms with van der Waals surface area (Å²) < 4.78 is 23.7. The SMILES string of the molecule is CCn1nc(C)cc1C(=O)Nc1nc2cc(C(=O)OC)cc(OC)c2n1C/C=C/Cn1c(NC(=O)c2cc(C)nn2CC)nc2cc(C(N)=O)cc(OCC#CCN3CCN(C(=O)C(C)C)CC3)c21. The van der Waals surface area contributed by atoms with Crippen molar-refractivity contribution in [1.29, 1.82) is 0 Å². The molecule has 1 aliphatic rings. The van der Waals surface area contributed by atoms with Crippen LogP contribution in [0.15, 0.2) is 48.6 Å². The highest BCUT2D eigenvalue weighted by atomic mass is 16.5. The van der Waals surface area contributed by atoms with Gasteiger partial charge in [0.25, 0.3) is 11.8 Å². The lowest BCUT2D eigenvalue weighted by molar-refractivity contribution is -0.136. The molecule has 4 aromatic heterocycles. The van der Waals surface area contributed by atoms with Gasteiger partial charge in [0.05, 0.1) is 48.7 Å². The van der Waals surface area contributed by atoms with E-state index in [9.17, 15) is 24.0 Å². The Morgan fingerprint density at radius 3 is 1.75 bits per heavy atom. The highest BCUT2D eigenvalue weighted by Crippen LogP contribution is 2.33. The normalized spacial score (nSPS) is 13.0. The van der Waals surface area contributed by atoms with E-state index < -0.39 is 23.7 Å². The van der Waals surface area contributed by atoms with Crippen LogP contribution in [0.2, 0.25) is 0 Å². The molecule has 0 spiro atoms. The van der Waals surface area contributed by atoms with Crippen molar-refractivity contribution in [2.75, 3.05) is 64.2 Å². The van der Waals surface area contributed by atoms with Crippen LogP contribution in [0.25, 0.3) is 22.1 Å². The predicted molar refractivity (Wildman–Crippen MR) is 257 cm³/mol. The number of nitrogens with one attached hydrogen (secondary N) is 2. The molecule has 1 fully saturated rings. The molecule has 1 aliphatic heterocycles. The first-order valence-electron chi connectivity index (χ1n) is 22.6. The van der Waals surface area contributed by atoms with E-state index in [1.165, 1.54) is 26.4 Å². The number of piperazine rings is 1. The van der Waals surface area contributed by atoms with Crippen molar-refractivity contribution in [3.63, 3.8) is 0 Å². The zero-order valence-corrected chi connectivity index (χ0v) is 40.1. The summed E-state index contributed by atoms with van der Waals surface area (Å²) >= 11 is 0. The molecule has 0 saturated carbocycles. The second-order valence-electron chi connectivity index (χ2n) is 16.6. The third-order valence-corrected chi connectivity index (χ3v) is 11.5. The molecule has 5 heterocycles. The average molecular weight is 944 g/mol. The summed E-state index contributed by atoms with van der Waals surface area (Å²) in [5, 5.41) is 14.7. The maximum atomic E-state index is 13.9. The van der Waals surface area contributed by atoms with Gasteiger partial charge in [-0.1, -0.05) is 37.8 Å². The number of imidazole rings is 2. The number of carbonyl (C=O) groups excluding carboxylic acids is 5. The lowest BCUT2D eigenvalue weighted by atomic mass is 10.1. The largest absolute Gasteiger partial charge is 0.494 e. The predicted octanol–water partition coefficient (Wildman–Crippen LogP) is 4.27. The molecule has 2 aromatic carbocycles. The number of aromatic nitrogens is 8. The van der Waals surface area contributed by atoms with E-state index in [0.29, 0.717) is 96.4 Å². The number of methoxy groups -OCH3 is 2. The van der Waals surface area contributed by atoms with Crippen LogP contribution in [0.3, 0.4) is 0 Å². The number of benzene rings is 2. The number of hydrogen-bond acceptors (Lipinski definition) is 13. The van der Waals surface area contributed by atoms with Gasteiger partial charge in [-0.2, -0.15) is 10.2 Å². The molecule has 362 valence electrons. The molecule has 0 atom stereocenters. The van der Waals surface area contributed by atoms with Crippen LogP contribution in [-0.4, -0.2) is 132 Å². The van der Waals surface area contributed by atoms with E-state index in [2.05, 4.69) is 37.6 Å². The topological polar surface area (TPSA) is 241 Å². The summed E-state index contributed by atoms with van der Waals surface area (Å²) in [5.74, 6) is 5.01. The van der Waals surface area contributed by atoms with Gasteiger partial charge >= 0.3 is 5.97 Å². The fourth-order valence-electron chi connectivity index (χ4n) is 8.10. The number of primary amides is 1. The van der Waals surface area contributed by atoms with E-state index in [1.54, 1.807) is 56.6 Å². The van der Waals surface area contributed by atoms with Crippen LogP contribution in [-0.2, 0) is 35.7 Å². The van der Waals surface area contributed by atoms with Crippen LogP contribution >= 0.6 is 0 Å². The van der Waals surface area contributed by atoms with E-state index in [4.69, 9.17) is 29.9 Å². The Bertz CT molecular complexity index is 3030. The van der Waals surface area contributed by atoms with Crippen molar-refractivity contribution < 1.29 is 38.2 Å². The first-order valence-corrected chi connectivity index (χ1v) is 22.6. The molecule has 7 rings (SSSR count). The average Bonchev–Trinajstić information content (AvgIpc) is 4.11. The lowest BCUT2D eigenvalue weighted by Crippen LogP contribution is -2.49. The number of ether oxygens (including phenoxy) is 3. The Kier molecular flexibility index (Phi) is 15.1. The zero-order chi connectivity index (χ0) is 49.5. The molecule has 0 bridgehead atoms. The highest BCUT2D eigenvalue weighted by molar-refractivity contribution is 6.05. The van der Waals surface area contributed by atoms with Crippen molar-refractivity contribution in [2.24, 2.45) is 11.7 Å². The van der Waals surface area contributed by atoms with Crippen LogP contribution in [0, 0.1) is 31.6 Å². The molecule has 0 unspecified atom stereocenters. The number of anilines is 2. The fraction of sp³-hybridized carbons (Fsp3) is 0.396. The summed E-state index contributed by atoms with van der Waals surface area (Å²) in [6, 6.07) is 9.52. The second kappa shape index (κ2) is 21.3. The number of nitrogens with two attached hydrogens (primary N) is 1. The second-order valence-corrected chi connectivity index (χ2v) is 16.6. The molecule has 69 heavy (non-hydrogen) atoms. The Morgan fingerprint density at radius 1 is 0.739 bits per heavy atom. The summed E-state index contributed by atoms with van der Waals surface area (Å²) in [4.78, 5) is 79.0. The van der Waals surface area contributed by atoms with Crippen LogP contribution in [0.5, 0.6) is 11.5 Å². The number of fused-ring (bicyclic) bond motifs is 2. The first-order chi connectivity index (χ1) is 33.1. The summed E-state index contributed by atoms with van der Waals surface area (Å²) in [6.07, 6.45) is 3.67. The number of amides is 4. The Labute approximate surface area is 398 Å². The number of allylic oxidation sites excluding steroid dienone is 2. The highest BCUT2D eigenvalue weighted by Gasteiger charge is 2.25. The standard InChI is InChI=1S/C48H57N13O8/c1-9-60-36(23-30(5)54-60)43(63)52-47-51-35-26-33(46(66)68-8)28-38(67-7)40(35)58(47)16-11-12-17-59-41-34(50-48(59)53-44(64)37-24-31(6)55-61(37)10-2)25-32(42(49)62)27-39(41)69-22-14-13-15-56-18-20-57(21-19-56)45(65)29(3)4/h11-12,23-29H,9-10,15-22H2,1-8H3,(H2,49,62)(H,50,53,64)(H,51,52,63)/b12-11+. The van der Waals surface area contributed by atoms with Crippen molar-refractivity contribution >= 4 is 63.6 Å². The number of carbonyl (C=O) groups is 5. The molecule has 21 heteroatoms. The lowest BCUT2D eigenvalue weighted by Gasteiger charge is -2.34. The summed E-state index contributed by atoms with van der Waals surface area (Å²) in [6.45, 7) is 15.5. The van der Waals surface area contributed by atoms with Gasteiger partial charge in [0, 0.05) is 63.8 Å². The third-order valence-electron chi connectivity index (χ3n) is 11.5. The summed E-state index contributed by atoms with van der Waals surface area (Å²) in [5.41, 5.74) is 9.76. The smallest absolute Gasteiger partial charge is 0.338 e. The van der Waals surface area contributed by atoms with Crippen molar-refractivity contribution in [3.05, 3.63) is 82.5 Å². The molecule has 0 aliphatic carbocycles. The van der Waals surface area contributed by atoms with Gasteiger partial charge in [-0.05, 0) is 64.1 Å². The molecular formula is C48H57N13O8. The molecule has 4 amide bonds. The van der Waals surface area contributed by atoms with E-state index in [-0.39, 0.29) is 60.3 Å². The summed E-state index contributed by atoms with van der Waals surface area (Å²) in [7, 11) is 2.74. The minimum absolute atomic E-state index is 0.0405. The van der Waals surface area contributed by atoms with E-state index in [1.807, 2.05) is 44.7 Å². The number of aryl methyl sites for hydroxylation is 4. The van der Waals surface area contributed by atoms with Gasteiger partial charge in [-0.3, -0.25) is 44.1 Å². The Hall–Kier alpha value is -7.99. The number of hydrogen-bond donors (Lipinski definition) is 3.